The summed E-state index contributed by atoms with van der Waals surface area (Å²) in [5, 5.41) is 0. The Kier molecular flexibility index (Phi) is 2.00. The van der Waals surface area contributed by atoms with Crippen molar-refractivity contribution < 1.29 is 0 Å². The monoisotopic (exact) mass is 187 g/mol. The molecule has 14 heavy (non-hydrogen) atoms. The summed E-state index contributed by atoms with van der Waals surface area (Å²) in [7, 11) is 0. The average molecular weight is 187 g/mol. The summed E-state index contributed by atoms with van der Waals surface area (Å²) in [6, 6.07) is 8.17. The van der Waals surface area contributed by atoms with Crippen molar-refractivity contribution in [2.45, 2.75) is 13.8 Å². The smallest absolute Gasteiger partial charge is 0.205 e. The number of nitrogen functional groups attached to an aromatic ring is 1. The van der Waals surface area contributed by atoms with Gasteiger partial charge in [0.2, 0.25) is 5.95 Å². The van der Waals surface area contributed by atoms with Crippen LogP contribution in [0.25, 0.3) is 5.69 Å². The fourth-order valence-electron chi connectivity index (χ4n) is 1.50. The Hall–Kier alpha value is -1.77. The zero-order valence-electron chi connectivity index (χ0n) is 8.36. The first-order valence-corrected chi connectivity index (χ1v) is 4.55. The molecule has 1 aromatic heterocycles. The summed E-state index contributed by atoms with van der Waals surface area (Å²) >= 11 is 0. The van der Waals surface area contributed by atoms with E-state index in [1.807, 2.05) is 29.8 Å². The van der Waals surface area contributed by atoms with Crippen LogP contribution in [0.3, 0.4) is 0 Å². The second-order valence-electron chi connectivity index (χ2n) is 3.45. The van der Waals surface area contributed by atoms with E-state index in [0.717, 1.165) is 11.4 Å². The summed E-state index contributed by atoms with van der Waals surface area (Å²) in [5.41, 5.74) is 8.98. The lowest BCUT2D eigenvalue weighted by molar-refractivity contribution is 1.07. The second-order valence-corrected chi connectivity index (χ2v) is 3.45. The van der Waals surface area contributed by atoms with Crippen LogP contribution in [0.1, 0.15) is 11.3 Å². The molecule has 0 spiro atoms. The number of benzene rings is 1. The van der Waals surface area contributed by atoms with Crippen molar-refractivity contribution in [2.75, 3.05) is 5.73 Å². The summed E-state index contributed by atoms with van der Waals surface area (Å²) in [6.45, 7) is 3.99. The molecule has 0 aliphatic carbocycles. The Morgan fingerprint density at radius 3 is 2.64 bits per heavy atom. The Balaban J connectivity index is 2.54. The molecule has 2 N–H and O–H groups in total. The first-order chi connectivity index (χ1) is 6.66. The fourth-order valence-corrected chi connectivity index (χ4v) is 1.50. The van der Waals surface area contributed by atoms with E-state index in [9.17, 15) is 0 Å². The predicted molar refractivity (Wildman–Crippen MR) is 57.5 cm³/mol. The molecule has 0 radical (unpaired) electrons. The van der Waals surface area contributed by atoms with Crippen LogP contribution in [0.4, 0.5) is 5.95 Å². The number of hydrogen-bond acceptors (Lipinski definition) is 2. The number of hydrogen-bond donors (Lipinski definition) is 1. The molecule has 0 bridgehead atoms. The second kappa shape index (κ2) is 3.18. The minimum atomic E-state index is 0.535. The normalized spacial score (nSPS) is 10.4. The molecule has 1 heterocycles. The molecule has 2 aromatic rings. The van der Waals surface area contributed by atoms with E-state index in [-0.39, 0.29) is 0 Å². The Labute approximate surface area is 83.2 Å². The highest BCUT2D eigenvalue weighted by molar-refractivity contribution is 5.42. The van der Waals surface area contributed by atoms with E-state index in [1.54, 1.807) is 0 Å². The van der Waals surface area contributed by atoms with Crippen molar-refractivity contribution >= 4 is 5.95 Å². The summed E-state index contributed by atoms with van der Waals surface area (Å²) in [5.74, 6) is 0.535. The van der Waals surface area contributed by atoms with Crippen LogP contribution in [-0.4, -0.2) is 9.55 Å². The van der Waals surface area contributed by atoms with Crippen LogP contribution in [0.15, 0.2) is 30.5 Å². The van der Waals surface area contributed by atoms with Gasteiger partial charge in [0.05, 0.1) is 5.69 Å². The molecule has 2 rings (SSSR count). The predicted octanol–water partition coefficient (Wildman–Crippen LogP) is 2.07. The number of aromatic nitrogens is 2. The standard InChI is InChI=1S/C11H13N3/c1-8-4-3-5-10(6-8)14-7-9(2)13-11(14)12/h3-7H,1-2H3,(H2,12,13). The first kappa shape index (κ1) is 8.81. The lowest BCUT2D eigenvalue weighted by Crippen LogP contribution is -1.99. The van der Waals surface area contributed by atoms with Crippen molar-refractivity contribution in [1.82, 2.24) is 9.55 Å². The Morgan fingerprint density at radius 1 is 1.29 bits per heavy atom. The number of anilines is 1. The van der Waals surface area contributed by atoms with Crippen LogP contribution in [0.5, 0.6) is 0 Å². The minimum absolute atomic E-state index is 0.535. The maximum atomic E-state index is 5.78. The third kappa shape index (κ3) is 1.48. The van der Waals surface area contributed by atoms with Gasteiger partial charge in [0.25, 0.3) is 0 Å². The van der Waals surface area contributed by atoms with Crippen LogP contribution in [0.2, 0.25) is 0 Å². The van der Waals surface area contributed by atoms with E-state index in [1.165, 1.54) is 5.56 Å². The Morgan fingerprint density at radius 2 is 2.07 bits per heavy atom. The molecule has 0 aliphatic heterocycles. The molecular formula is C11H13N3. The van der Waals surface area contributed by atoms with Crippen LogP contribution < -0.4 is 5.73 Å². The fraction of sp³-hybridized carbons (Fsp3) is 0.182. The van der Waals surface area contributed by atoms with Gasteiger partial charge in [0.1, 0.15) is 0 Å². The van der Waals surface area contributed by atoms with E-state index in [4.69, 9.17) is 5.73 Å². The van der Waals surface area contributed by atoms with Gasteiger partial charge in [-0.15, -0.1) is 0 Å². The SMILES string of the molecule is Cc1cccc(-n2cc(C)nc2N)c1. The molecule has 0 aliphatic rings. The summed E-state index contributed by atoms with van der Waals surface area (Å²) in [6.07, 6.45) is 1.93. The number of nitrogens with two attached hydrogens (primary N) is 1. The molecule has 1 aromatic carbocycles. The lowest BCUT2D eigenvalue weighted by atomic mass is 10.2. The van der Waals surface area contributed by atoms with E-state index in [0.29, 0.717) is 5.95 Å². The van der Waals surface area contributed by atoms with Gasteiger partial charge >= 0.3 is 0 Å². The maximum absolute atomic E-state index is 5.78. The first-order valence-electron chi connectivity index (χ1n) is 4.55. The van der Waals surface area contributed by atoms with Gasteiger partial charge in [0, 0.05) is 11.9 Å². The van der Waals surface area contributed by atoms with Gasteiger partial charge in [-0.05, 0) is 31.5 Å². The quantitative estimate of drug-likeness (QED) is 0.742. The molecule has 3 nitrogen and oxygen atoms in total. The zero-order chi connectivity index (χ0) is 10.1. The highest BCUT2D eigenvalue weighted by atomic mass is 15.1. The van der Waals surface area contributed by atoms with E-state index >= 15 is 0 Å². The molecule has 72 valence electrons. The van der Waals surface area contributed by atoms with Gasteiger partial charge in [-0.3, -0.25) is 4.57 Å². The number of imidazole rings is 1. The number of nitrogens with zero attached hydrogens (tertiary/aromatic N) is 2. The molecule has 0 unspecified atom stereocenters. The van der Waals surface area contributed by atoms with Crippen molar-refractivity contribution in [2.24, 2.45) is 0 Å². The third-order valence-electron chi connectivity index (χ3n) is 2.13. The van der Waals surface area contributed by atoms with E-state index in [2.05, 4.69) is 24.0 Å². The maximum Gasteiger partial charge on any atom is 0.205 e. The Bertz CT molecular complexity index is 457. The minimum Gasteiger partial charge on any atom is -0.369 e. The number of rotatable bonds is 1. The molecule has 0 saturated carbocycles. The highest BCUT2D eigenvalue weighted by Crippen LogP contribution is 2.14. The van der Waals surface area contributed by atoms with Crippen LogP contribution >= 0.6 is 0 Å². The van der Waals surface area contributed by atoms with Crippen molar-refractivity contribution in [3.8, 4) is 5.69 Å². The number of aryl methyl sites for hydroxylation is 2. The molecule has 0 fully saturated rings. The van der Waals surface area contributed by atoms with Crippen LogP contribution in [-0.2, 0) is 0 Å². The van der Waals surface area contributed by atoms with Crippen molar-refractivity contribution in [1.29, 1.82) is 0 Å². The summed E-state index contributed by atoms with van der Waals surface area (Å²) in [4.78, 5) is 4.16. The van der Waals surface area contributed by atoms with Crippen molar-refractivity contribution in [3.63, 3.8) is 0 Å². The highest BCUT2D eigenvalue weighted by Gasteiger charge is 2.03. The van der Waals surface area contributed by atoms with Gasteiger partial charge in [0.15, 0.2) is 0 Å². The zero-order valence-corrected chi connectivity index (χ0v) is 8.36. The lowest BCUT2D eigenvalue weighted by Gasteiger charge is -2.04. The molecular weight excluding hydrogens is 174 g/mol. The molecule has 0 saturated heterocycles. The van der Waals surface area contributed by atoms with Gasteiger partial charge in [-0.1, -0.05) is 12.1 Å². The third-order valence-corrected chi connectivity index (χ3v) is 2.13. The topological polar surface area (TPSA) is 43.8 Å². The average Bonchev–Trinajstić information content (AvgIpc) is 2.45. The molecule has 0 atom stereocenters. The van der Waals surface area contributed by atoms with E-state index < -0.39 is 0 Å². The van der Waals surface area contributed by atoms with Gasteiger partial charge in [-0.25, -0.2) is 4.98 Å². The molecule has 3 heteroatoms. The van der Waals surface area contributed by atoms with Gasteiger partial charge < -0.3 is 5.73 Å². The van der Waals surface area contributed by atoms with Gasteiger partial charge in [-0.2, -0.15) is 0 Å². The van der Waals surface area contributed by atoms with Crippen molar-refractivity contribution in [3.05, 3.63) is 41.7 Å². The summed E-state index contributed by atoms with van der Waals surface area (Å²) < 4.78 is 1.89. The van der Waals surface area contributed by atoms with Crippen LogP contribution in [0, 0.1) is 13.8 Å². The molecule has 0 amide bonds. The largest absolute Gasteiger partial charge is 0.369 e.